The van der Waals surface area contributed by atoms with Crippen molar-refractivity contribution in [1.29, 1.82) is 0 Å². The highest BCUT2D eigenvalue weighted by molar-refractivity contribution is 8.15. The van der Waals surface area contributed by atoms with Crippen molar-refractivity contribution in [3.8, 4) is 0 Å². The Morgan fingerprint density at radius 3 is 2.64 bits per heavy atom. The molecule has 0 radical (unpaired) electrons. The summed E-state index contributed by atoms with van der Waals surface area (Å²) in [7, 11) is 0. The predicted molar refractivity (Wildman–Crippen MR) is 102 cm³/mol. The van der Waals surface area contributed by atoms with Gasteiger partial charge in [-0.3, -0.25) is 9.59 Å². The lowest BCUT2D eigenvalue weighted by Crippen LogP contribution is -2.41. The van der Waals surface area contributed by atoms with Gasteiger partial charge in [0.15, 0.2) is 5.17 Å². The van der Waals surface area contributed by atoms with Gasteiger partial charge in [-0.1, -0.05) is 36.0 Å². The van der Waals surface area contributed by atoms with E-state index in [1.807, 2.05) is 62.4 Å². The van der Waals surface area contributed by atoms with E-state index in [2.05, 4.69) is 15.6 Å². The Morgan fingerprint density at radius 1 is 1.16 bits per heavy atom. The molecule has 0 aromatic heterocycles. The van der Waals surface area contributed by atoms with Gasteiger partial charge in [0, 0.05) is 12.1 Å². The summed E-state index contributed by atoms with van der Waals surface area (Å²) in [4.78, 5) is 28.9. The minimum atomic E-state index is -0.502. The number of anilines is 1. The number of nitrogens with zero attached hydrogens (tertiary/aromatic N) is 1. The van der Waals surface area contributed by atoms with Crippen LogP contribution in [-0.2, 0) is 9.59 Å². The summed E-state index contributed by atoms with van der Waals surface area (Å²) in [5.74, 6) is -0.391. The Bertz CT molecular complexity index is 834. The fourth-order valence-corrected chi connectivity index (χ4v) is 3.41. The topological polar surface area (TPSA) is 70.6 Å². The fraction of sp³-hybridized carbons (Fsp3) is 0.211. The Hall–Kier alpha value is -2.60. The van der Waals surface area contributed by atoms with Crippen LogP contribution in [0.5, 0.6) is 0 Å². The molecule has 1 heterocycles. The van der Waals surface area contributed by atoms with Gasteiger partial charge in [0.2, 0.25) is 11.8 Å². The van der Waals surface area contributed by atoms with Crippen LogP contribution in [0.1, 0.15) is 17.5 Å². The number of thioether (sulfide) groups is 1. The molecular weight excluding hydrogens is 334 g/mol. The normalized spacial score (nSPS) is 18.7. The third-order valence-electron chi connectivity index (χ3n) is 3.92. The van der Waals surface area contributed by atoms with Crippen molar-refractivity contribution in [3.63, 3.8) is 0 Å². The number of hydrogen-bond donors (Lipinski definition) is 2. The summed E-state index contributed by atoms with van der Waals surface area (Å²) in [6.07, 6.45) is 0.134. The van der Waals surface area contributed by atoms with Crippen molar-refractivity contribution in [2.45, 2.75) is 25.5 Å². The molecule has 1 fully saturated rings. The number of aryl methyl sites for hydroxylation is 2. The van der Waals surface area contributed by atoms with Gasteiger partial charge in [0.05, 0.1) is 5.69 Å². The van der Waals surface area contributed by atoms with Gasteiger partial charge < -0.3 is 10.6 Å². The van der Waals surface area contributed by atoms with Crippen LogP contribution in [0.25, 0.3) is 0 Å². The maximum Gasteiger partial charge on any atom is 0.238 e. The summed E-state index contributed by atoms with van der Waals surface area (Å²) < 4.78 is 0. The molecular formula is C19H19N3O2S. The van der Waals surface area contributed by atoms with E-state index in [4.69, 9.17) is 0 Å². The van der Waals surface area contributed by atoms with E-state index in [1.165, 1.54) is 17.3 Å². The second-order valence-electron chi connectivity index (χ2n) is 5.90. The first-order chi connectivity index (χ1) is 12.0. The number of carbonyl (C=O) groups excluding carboxylic acids is 2. The third kappa shape index (κ3) is 4.48. The maximum atomic E-state index is 12.5. The van der Waals surface area contributed by atoms with Gasteiger partial charge in [0.1, 0.15) is 5.25 Å². The molecule has 5 nitrogen and oxygen atoms in total. The van der Waals surface area contributed by atoms with Crippen molar-refractivity contribution in [2.24, 2.45) is 4.99 Å². The number of para-hydroxylation sites is 1. The second kappa shape index (κ2) is 7.53. The summed E-state index contributed by atoms with van der Waals surface area (Å²) >= 11 is 1.27. The van der Waals surface area contributed by atoms with Gasteiger partial charge in [-0.05, 0) is 49.2 Å². The zero-order valence-electron chi connectivity index (χ0n) is 14.1. The van der Waals surface area contributed by atoms with Crippen LogP contribution < -0.4 is 10.6 Å². The average molecular weight is 353 g/mol. The SMILES string of the molecule is Cc1ccc(NC(=O)[C@@H]2CC(=O)NC(=Nc3ccccc3)S2)cc1C. The van der Waals surface area contributed by atoms with Crippen molar-refractivity contribution in [2.75, 3.05) is 5.32 Å². The molecule has 0 unspecified atom stereocenters. The Balaban J connectivity index is 1.72. The molecule has 0 saturated carbocycles. The minimum Gasteiger partial charge on any atom is -0.325 e. The summed E-state index contributed by atoms with van der Waals surface area (Å²) in [5, 5.41) is 5.56. The first-order valence-electron chi connectivity index (χ1n) is 7.99. The summed E-state index contributed by atoms with van der Waals surface area (Å²) in [6.45, 7) is 4.02. The molecule has 1 aliphatic heterocycles. The molecule has 6 heteroatoms. The molecule has 2 amide bonds. The summed E-state index contributed by atoms with van der Waals surface area (Å²) in [6, 6.07) is 15.1. The molecule has 3 rings (SSSR count). The van der Waals surface area contributed by atoms with Crippen molar-refractivity contribution in [1.82, 2.24) is 5.32 Å². The maximum absolute atomic E-state index is 12.5. The van der Waals surface area contributed by atoms with Gasteiger partial charge in [-0.2, -0.15) is 0 Å². The van der Waals surface area contributed by atoms with Gasteiger partial charge in [0.25, 0.3) is 0 Å². The van der Waals surface area contributed by atoms with E-state index in [9.17, 15) is 9.59 Å². The number of benzene rings is 2. The highest BCUT2D eigenvalue weighted by Crippen LogP contribution is 2.25. The zero-order valence-corrected chi connectivity index (χ0v) is 14.9. The Morgan fingerprint density at radius 2 is 1.92 bits per heavy atom. The fourth-order valence-electron chi connectivity index (χ4n) is 2.41. The van der Waals surface area contributed by atoms with Crippen LogP contribution in [0.3, 0.4) is 0 Å². The van der Waals surface area contributed by atoms with E-state index >= 15 is 0 Å². The minimum absolute atomic E-state index is 0.134. The molecule has 1 saturated heterocycles. The van der Waals surface area contributed by atoms with Crippen LogP contribution in [0.4, 0.5) is 11.4 Å². The Labute approximate surface area is 150 Å². The molecule has 128 valence electrons. The van der Waals surface area contributed by atoms with Crippen LogP contribution >= 0.6 is 11.8 Å². The molecule has 2 aromatic rings. The van der Waals surface area contributed by atoms with Crippen molar-refractivity contribution in [3.05, 3.63) is 59.7 Å². The molecule has 2 aromatic carbocycles. The molecule has 0 aliphatic carbocycles. The summed E-state index contributed by atoms with van der Waals surface area (Å²) in [5.41, 5.74) is 3.75. The van der Waals surface area contributed by atoms with E-state index < -0.39 is 5.25 Å². The van der Waals surface area contributed by atoms with Crippen molar-refractivity contribution >= 4 is 40.1 Å². The standard InChI is InChI=1S/C19H19N3O2S/c1-12-8-9-15(10-13(12)2)20-18(24)16-11-17(23)22-19(25-16)21-14-6-4-3-5-7-14/h3-10,16H,11H2,1-2H3,(H,20,24)(H,21,22,23)/t16-/m0/s1. The number of nitrogens with one attached hydrogen (secondary N) is 2. The second-order valence-corrected chi connectivity index (χ2v) is 7.09. The smallest absolute Gasteiger partial charge is 0.238 e. The molecule has 1 atom stereocenters. The van der Waals surface area contributed by atoms with Crippen molar-refractivity contribution < 1.29 is 9.59 Å². The van der Waals surface area contributed by atoms with Gasteiger partial charge in [-0.15, -0.1) is 0 Å². The quantitative estimate of drug-likeness (QED) is 0.886. The monoisotopic (exact) mass is 353 g/mol. The first-order valence-corrected chi connectivity index (χ1v) is 8.87. The lowest BCUT2D eigenvalue weighted by atomic mass is 10.1. The lowest BCUT2D eigenvalue weighted by molar-refractivity contribution is -0.123. The average Bonchev–Trinajstić information content (AvgIpc) is 2.58. The number of amidine groups is 1. The van der Waals surface area contributed by atoms with Crippen LogP contribution in [-0.4, -0.2) is 22.2 Å². The molecule has 25 heavy (non-hydrogen) atoms. The third-order valence-corrected chi connectivity index (χ3v) is 5.01. The van der Waals surface area contributed by atoms with Gasteiger partial charge >= 0.3 is 0 Å². The highest BCUT2D eigenvalue weighted by atomic mass is 32.2. The first kappa shape index (κ1) is 17.2. The number of hydrogen-bond acceptors (Lipinski definition) is 4. The van der Waals surface area contributed by atoms with E-state index in [1.54, 1.807) is 0 Å². The largest absolute Gasteiger partial charge is 0.325 e. The van der Waals surface area contributed by atoms with E-state index in [-0.39, 0.29) is 18.2 Å². The van der Waals surface area contributed by atoms with Crippen LogP contribution in [0.15, 0.2) is 53.5 Å². The van der Waals surface area contributed by atoms with Gasteiger partial charge in [-0.25, -0.2) is 4.99 Å². The number of rotatable bonds is 3. The van der Waals surface area contributed by atoms with E-state index in [0.717, 1.165) is 16.9 Å². The molecule has 0 bridgehead atoms. The molecule has 0 spiro atoms. The zero-order chi connectivity index (χ0) is 17.8. The number of carbonyl (C=O) groups is 2. The molecule has 1 aliphatic rings. The number of amides is 2. The number of aliphatic imine (C=N–C) groups is 1. The lowest BCUT2D eigenvalue weighted by Gasteiger charge is -2.22. The molecule has 2 N–H and O–H groups in total. The Kier molecular flexibility index (Phi) is 5.19. The van der Waals surface area contributed by atoms with Crippen LogP contribution in [0.2, 0.25) is 0 Å². The van der Waals surface area contributed by atoms with E-state index in [0.29, 0.717) is 5.17 Å². The predicted octanol–water partition coefficient (Wildman–Crippen LogP) is 3.55. The van der Waals surface area contributed by atoms with Crippen LogP contribution in [0, 0.1) is 13.8 Å². The highest BCUT2D eigenvalue weighted by Gasteiger charge is 2.30.